The number of azo groups is 1. The van der Waals surface area contributed by atoms with E-state index in [0.29, 0.717) is 5.69 Å². The summed E-state index contributed by atoms with van der Waals surface area (Å²) in [5.74, 6) is -2.82. The Labute approximate surface area is 186 Å². The maximum Gasteiger partial charge on any atom is 0.335 e. The number of carboxylic acids is 2. The van der Waals surface area contributed by atoms with Crippen LogP contribution in [-0.4, -0.2) is 22.2 Å². The summed E-state index contributed by atoms with van der Waals surface area (Å²) in [4.78, 5) is 22.6. The van der Waals surface area contributed by atoms with Crippen LogP contribution < -0.4 is 16.2 Å². The Bertz CT molecular complexity index is 1330. The summed E-state index contributed by atoms with van der Waals surface area (Å²) in [5, 5.41) is 45.4. The predicted octanol–water partition coefficient (Wildman–Crippen LogP) is 4.20. The third-order valence-electron chi connectivity index (χ3n) is 4.27. The minimum Gasteiger partial charge on any atom is -0.478 e. The van der Waals surface area contributed by atoms with Crippen LogP contribution in [0.25, 0.3) is 0 Å². The minimum atomic E-state index is -1.35. The quantitative estimate of drug-likeness (QED) is 0.318. The number of carbonyl (C=O) groups is 2. The molecule has 0 aromatic heterocycles. The fraction of sp³-hybridized carbons (Fsp3) is 0. The van der Waals surface area contributed by atoms with E-state index in [0.717, 1.165) is 18.2 Å². The van der Waals surface area contributed by atoms with Gasteiger partial charge in [0, 0.05) is 17.8 Å². The molecular formula is C22H14N6O5. The van der Waals surface area contributed by atoms with Crippen LogP contribution in [0.1, 0.15) is 31.8 Å². The standard InChI is InChI=1S/C22H14N6O5/c23-9-13-6-17(33-16-4-11(21(29)30)3-12(5-16)22(31)32)7-14(10-24)20(13)28-27-19-2-1-15(25)8-18(19)26/h1-8H,25-26H2,(H,29,30)(H,31,32). The summed E-state index contributed by atoms with van der Waals surface area (Å²) in [5.41, 5.74) is 11.7. The molecule has 11 nitrogen and oxygen atoms in total. The van der Waals surface area contributed by atoms with E-state index < -0.39 is 11.9 Å². The average Bonchev–Trinajstić information content (AvgIpc) is 2.78. The van der Waals surface area contributed by atoms with E-state index in [1.54, 1.807) is 6.07 Å². The summed E-state index contributed by atoms with van der Waals surface area (Å²) in [6.07, 6.45) is 0. The van der Waals surface area contributed by atoms with Gasteiger partial charge in [0.25, 0.3) is 0 Å². The topological polar surface area (TPSA) is 208 Å². The van der Waals surface area contributed by atoms with Crippen molar-refractivity contribution >= 4 is 34.7 Å². The van der Waals surface area contributed by atoms with Crippen molar-refractivity contribution in [2.45, 2.75) is 0 Å². The van der Waals surface area contributed by atoms with Crippen molar-refractivity contribution in [1.82, 2.24) is 0 Å². The van der Waals surface area contributed by atoms with Gasteiger partial charge in [0.05, 0.1) is 27.9 Å². The summed E-state index contributed by atoms with van der Waals surface area (Å²) < 4.78 is 5.56. The van der Waals surface area contributed by atoms with Gasteiger partial charge in [-0.1, -0.05) is 0 Å². The molecule has 0 saturated heterocycles. The van der Waals surface area contributed by atoms with Gasteiger partial charge in [-0.05, 0) is 36.4 Å². The molecule has 11 heteroatoms. The van der Waals surface area contributed by atoms with Crippen LogP contribution in [0.5, 0.6) is 11.5 Å². The molecule has 33 heavy (non-hydrogen) atoms. The fourth-order valence-electron chi connectivity index (χ4n) is 2.75. The molecule has 0 aliphatic carbocycles. The van der Waals surface area contributed by atoms with Crippen LogP contribution in [-0.2, 0) is 0 Å². The molecule has 6 N–H and O–H groups in total. The molecule has 3 aromatic rings. The number of aromatic carboxylic acids is 2. The van der Waals surface area contributed by atoms with Gasteiger partial charge in [-0.3, -0.25) is 0 Å². The molecule has 0 bridgehead atoms. The first kappa shape index (κ1) is 22.3. The van der Waals surface area contributed by atoms with E-state index in [4.69, 9.17) is 16.2 Å². The lowest BCUT2D eigenvalue weighted by atomic mass is 10.1. The molecule has 0 amide bonds. The van der Waals surface area contributed by atoms with Gasteiger partial charge in [0.1, 0.15) is 35.0 Å². The van der Waals surface area contributed by atoms with Crippen LogP contribution in [0.2, 0.25) is 0 Å². The van der Waals surface area contributed by atoms with E-state index in [1.165, 1.54) is 24.3 Å². The van der Waals surface area contributed by atoms with Crippen LogP contribution in [0, 0.1) is 22.7 Å². The van der Waals surface area contributed by atoms with Crippen LogP contribution in [0.4, 0.5) is 22.7 Å². The Morgan fingerprint density at radius 3 is 1.85 bits per heavy atom. The Morgan fingerprint density at radius 1 is 0.818 bits per heavy atom. The molecule has 162 valence electrons. The lowest BCUT2D eigenvalue weighted by molar-refractivity contribution is 0.0696. The highest BCUT2D eigenvalue weighted by atomic mass is 16.5. The fourth-order valence-corrected chi connectivity index (χ4v) is 2.75. The van der Waals surface area contributed by atoms with Gasteiger partial charge in [-0.2, -0.15) is 10.5 Å². The number of anilines is 2. The first-order valence-corrected chi connectivity index (χ1v) is 9.06. The maximum atomic E-state index is 11.3. The number of carboxylic acid groups (broad SMARTS) is 2. The Kier molecular flexibility index (Phi) is 6.18. The summed E-state index contributed by atoms with van der Waals surface area (Å²) in [6, 6.07) is 14.1. The summed E-state index contributed by atoms with van der Waals surface area (Å²) >= 11 is 0. The number of hydrogen-bond donors (Lipinski definition) is 4. The number of ether oxygens (including phenoxy) is 1. The summed E-state index contributed by atoms with van der Waals surface area (Å²) in [7, 11) is 0. The van der Waals surface area contributed by atoms with E-state index in [2.05, 4.69) is 10.2 Å². The Hall–Kier alpha value is -5.42. The predicted molar refractivity (Wildman–Crippen MR) is 116 cm³/mol. The number of nitrogens with two attached hydrogens (primary N) is 2. The molecule has 0 aliphatic rings. The van der Waals surface area contributed by atoms with Crippen LogP contribution >= 0.6 is 0 Å². The minimum absolute atomic E-state index is 0.00655. The van der Waals surface area contributed by atoms with E-state index in [9.17, 15) is 30.3 Å². The van der Waals surface area contributed by atoms with E-state index >= 15 is 0 Å². The molecular weight excluding hydrogens is 428 g/mol. The van der Waals surface area contributed by atoms with Gasteiger partial charge >= 0.3 is 11.9 Å². The van der Waals surface area contributed by atoms with Gasteiger partial charge < -0.3 is 26.4 Å². The SMILES string of the molecule is N#Cc1cc(Oc2cc(C(=O)O)cc(C(=O)O)c2)cc(C#N)c1N=Nc1ccc(N)cc1N. The molecule has 0 heterocycles. The highest BCUT2D eigenvalue weighted by Gasteiger charge is 2.16. The largest absolute Gasteiger partial charge is 0.478 e. The van der Waals surface area contributed by atoms with Crippen molar-refractivity contribution < 1.29 is 24.5 Å². The number of nitrogens with zero attached hydrogens (tertiary/aromatic N) is 4. The first-order valence-electron chi connectivity index (χ1n) is 9.06. The maximum absolute atomic E-state index is 11.3. The second-order valence-corrected chi connectivity index (χ2v) is 6.57. The molecule has 0 fully saturated rings. The highest BCUT2D eigenvalue weighted by Crippen LogP contribution is 2.34. The molecule has 0 unspecified atom stereocenters. The smallest absolute Gasteiger partial charge is 0.335 e. The van der Waals surface area contributed by atoms with Crippen molar-refractivity contribution in [1.29, 1.82) is 10.5 Å². The molecule has 0 atom stereocenters. The molecule has 0 radical (unpaired) electrons. The van der Waals surface area contributed by atoms with Gasteiger partial charge in [0.2, 0.25) is 0 Å². The molecule has 0 spiro atoms. The zero-order chi connectivity index (χ0) is 24.1. The van der Waals surface area contributed by atoms with Crippen molar-refractivity contribution in [2.24, 2.45) is 10.2 Å². The van der Waals surface area contributed by atoms with Gasteiger partial charge in [-0.15, -0.1) is 10.2 Å². The Morgan fingerprint density at radius 2 is 1.36 bits per heavy atom. The second-order valence-electron chi connectivity index (χ2n) is 6.57. The summed E-state index contributed by atoms with van der Waals surface area (Å²) in [6.45, 7) is 0. The lowest BCUT2D eigenvalue weighted by Gasteiger charge is -2.10. The zero-order valence-corrected chi connectivity index (χ0v) is 16.7. The van der Waals surface area contributed by atoms with Crippen molar-refractivity contribution in [3.63, 3.8) is 0 Å². The molecule has 0 saturated carbocycles. The molecule has 3 rings (SSSR count). The zero-order valence-electron chi connectivity index (χ0n) is 16.7. The van der Waals surface area contributed by atoms with Crippen LogP contribution in [0.15, 0.2) is 58.8 Å². The first-order chi connectivity index (χ1) is 15.7. The number of hydrogen-bond acceptors (Lipinski definition) is 9. The average molecular weight is 442 g/mol. The van der Waals surface area contributed by atoms with Crippen LogP contribution in [0.3, 0.4) is 0 Å². The number of rotatable bonds is 6. The van der Waals surface area contributed by atoms with E-state index in [1.807, 2.05) is 12.1 Å². The Balaban J connectivity index is 2.03. The molecule has 0 aliphatic heterocycles. The van der Waals surface area contributed by atoms with Crippen molar-refractivity contribution in [2.75, 3.05) is 11.5 Å². The third-order valence-corrected chi connectivity index (χ3v) is 4.27. The normalized spacial score (nSPS) is 10.4. The monoisotopic (exact) mass is 442 g/mol. The lowest BCUT2D eigenvalue weighted by Crippen LogP contribution is -2.03. The highest BCUT2D eigenvalue weighted by molar-refractivity contribution is 5.94. The second kappa shape index (κ2) is 9.16. The number of benzene rings is 3. The number of nitriles is 2. The van der Waals surface area contributed by atoms with Gasteiger partial charge in [0.15, 0.2) is 0 Å². The molecule has 3 aromatic carbocycles. The van der Waals surface area contributed by atoms with Crippen molar-refractivity contribution in [3.05, 3.63) is 70.8 Å². The number of nitrogen functional groups attached to an aromatic ring is 2. The van der Waals surface area contributed by atoms with E-state index in [-0.39, 0.29) is 50.8 Å². The third kappa shape index (κ3) is 5.02. The van der Waals surface area contributed by atoms with Gasteiger partial charge in [-0.25, -0.2) is 9.59 Å². The van der Waals surface area contributed by atoms with Crippen molar-refractivity contribution in [3.8, 4) is 23.6 Å².